The number of rotatable bonds is 5. The van der Waals surface area contributed by atoms with Crippen LogP contribution in [0.25, 0.3) is 11.3 Å². The Morgan fingerprint density at radius 1 is 1.25 bits per heavy atom. The number of hydrogen-bond acceptors (Lipinski definition) is 4. The third kappa shape index (κ3) is 3.64. The SMILES string of the molecule is O=C(O)c1cnc(OCC2CC2)c(-c2ccc(C(F)(F)F)cc2)n1. The molecule has 0 aliphatic heterocycles. The van der Waals surface area contributed by atoms with Gasteiger partial charge in [-0.2, -0.15) is 13.2 Å². The van der Waals surface area contributed by atoms with Gasteiger partial charge in [0.2, 0.25) is 5.88 Å². The Bertz CT molecular complexity index is 756. The molecule has 0 amide bonds. The van der Waals surface area contributed by atoms with Gasteiger partial charge in [-0.15, -0.1) is 0 Å². The number of hydrogen-bond donors (Lipinski definition) is 1. The van der Waals surface area contributed by atoms with Crippen molar-refractivity contribution in [2.75, 3.05) is 6.61 Å². The molecule has 5 nitrogen and oxygen atoms in total. The third-order valence-corrected chi connectivity index (χ3v) is 3.60. The highest BCUT2D eigenvalue weighted by Gasteiger charge is 2.30. The van der Waals surface area contributed by atoms with E-state index in [-0.39, 0.29) is 17.3 Å². The molecule has 3 rings (SSSR count). The molecule has 1 aliphatic rings. The molecule has 8 heteroatoms. The summed E-state index contributed by atoms with van der Waals surface area (Å²) >= 11 is 0. The summed E-state index contributed by atoms with van der Waals surface area (Å²) in [6, 6.07) is 4.27. The summed E-state index contributed by atoms with van der Waals surface area (Å²) in [5.74, 6) is -0.720. The van der Waals surface area contributed by atoms with Gasteiger partial charge in [0.15, 0.2) is 5.69 Å². The van der Waals surface area contributed by atoms with Crippen molar-refractivity contribution >= 4 is 5.97 Å². The first-order valence-corrected chi connectivity index (χ1v) is 7.25. The number of benzene rings is 1. The van der Waals surface area contributed by atoms with E-state index >= 15 is 0 Å². The van der Waals surface area contributed by atoms with E-state index in [1.54, 1.807) is 0 Å². The average Bonchev–Trinajstić information content (AvgIpc) is 3.36. The van der Waals surface area contributed by atoms with E-state index in [0.717, 1.165) is 31.2 Å². The molecule has 2 aromatic rings. The van der Waals surface area contributed by atoms with Gasteiger partial charge in [0.25, 0.3) is 0 Å². The lowest BCUT2D eigenvalue weighted by molar-refractivity contribution is -0.137. The van der Waals surface area contributed by atoms with Crippen molar-refractivity contribution in [3.05, 3.63) is 41.7 Å². The number of carbonyl (C=O) groups is 1. The van der Waals surface area contributed by atoms with E-state index in [1.807, 2.05) is 0 Å². The lowest BCUT2D eigenvalue weighted by Crippen LogP contribution is -2.08. The second-order valence-electron chi connectivity index (χ2n) is 5.54. The molecule has 1 heterocycles. The fourth-order valence-corrected chi connectivity index (χ4v) is 2.07. The van der Waals surface area contributed by atoms with Gasteiger partial charge < -0.3 is 9.84 Å². The normalized spacial score (nSPS) is 14.5. The standard InChI is InChI=1S/C16H13F3N2O3/c17-16(18,19)11-5-3-10(4-6-11)13-14(24-8-9-1-2-9)20-7-12(21-13)15(22)23/h3-7,9H,1-2,8H2,(H,22,23). The zero-order valence-corrected chi connectivity index (χ0v) is 12.4. The van der Waals surface area contributed by atoms with Crippen LogP contribution in [0.3, 0.4) is 0 Å². The molecule has 126 valence electrons. The van der Waals surface area contributed by atoms with Gasteiger partial charge in [-0.1, -0.05) is 12.1 Å². The van der Waals surface area contributed by atoms with Crippen LogP contribution in [0, 0.1) is 5.92 Å². The average molecular weight is 338 g/mol. The van der Waals surface area contributed by atoms with Gasteiger partial charge in [0, 0.05) is 5.56 Å². The molecule has 0 spiro atoms. The van der Waals surface area contributed by atoms with Gasteiger partial charge in [-0.3, -0.25) is 0 Å². The van der Waals surface area contributed by atoms with Crippen molar-refractivity contribution in [2.24, 2.45) is 5.92 Å². The van der Waals surface area contributed by atoms with Crippen molar-refractivity contribution in [3.63, 3.8) is 0 Å². The molecule has 1 saturated carbocycles. The van der Waals surface area contributed by atoms with Crippen LogP contribution in [0.5, 0.6) is 5.88 Å². The van der Waals surface area contributed by atoms with Crippen molar-refractivity contribution in [2.45, 2.75) is 19.0 Å². The van der Waals surface area contributed by atoms with Gasteiger partial charge >= 0.3 is 12.1 Å². The maximum atomic E-state index is 12.7. The number of ether oxygens (including phenoxy) is 1. The van der Waals surface area contributed by atoms with Gasteiger partial charge in [-0.25, -0.2) is 14.8 Å². The van der Waals surface area contributed by atoms with E-state index in [4.69, 9.17) is 9.84 Å². The fraction of sp³-hybridized carbons (Fsp3) is 0.312. The molecule has 1 N–H and O–H groups in total. The van der Waals surface area contributed by atoms with E-state index in [1.165, 1.54) is 12.1 Å². The first-order chi connectivity index (χ1) is 11.3. The number of aromatic nitrogens is 2. The van der Waals surface area contributed by atoms with Gasteiger partial charge in [0.1, 0.15) is 5.69 Å². The first kappa shape index (κ1) is 16.2. The van der Waals surface area contributed by atoms with Crippen LogP contribution in [0.1, 0.15) is 28.9 Å². The van der Waals surface area contributed by atoms with Crippen LogP contribution in [0.2, 0.25) is 0 Å². The molecule has 1 aliphatic carbocycles. The smallest absolute Gasteiger partial charge is 0.416 e. The van der Waals surface area contributed by atoms with E-state index in [2.05, 4.69) is 9.97 Å². The number of aromatic carboxylic acids is 1. The minimum atomic E-state index is -4.45. The van der Waals surface area contributed by atoms with Crippen molar-refractivity contribution < 1.29 is 27.8 Å². The van der Waals surface area contributed by atoms with E-state index in [0.29, 0.717) is 18.1 Å². The minimum absolute atomic E-state index is 0.115. The summed E-state index contributed by atoms with van der Waals surface area (Å²) in [5.41, 5.74) is -0.675. The molecule has 0 radical (unpaired) electrons. The number of carboxylic acid groups (broad SMARTS) is 1. The third-order valence-electron chi connectivity index (χ3n) is 3.60. The van der Waals surface area contributed by atoms with Crippen molar-refractivity contribution in [3.8, 4) is 17.1 Å². The monoisotopic (exact) mass is 338 g/mol. The zero-order valence-electron chi connectivity index (χ0n) is 12.4. The molecule has 1 fully saturated rings. The van der Waals surface area contributed by atoms with E-state index in [9.17, 15) is 18.0 Å². The van der Waals surface area contributed by atoms with Crippen molar-refractivity contribution in [1.82, 2.24) is 9.97 Å². The van der Waals surface area contributed by atoms with Gasteiger partial charge in [0.05, 0.1) is 18.4 Å². The summed E-state index contributed by atoms with van der Waals surface area (Å²) in [5, 5.41) is 9.03. The second-order valence-corrected chi connectivity index (χ2v) is 5.54. The Morgan fingerprint density at radius 2 is 1.92 bits per heavy atom. The summed E-state index contributed by atoms with van der Waals surface area (Å²) in [7, 11) is 0. The van der Waals surface area contributed by atoms with Crippen LogP contribution in [0.15, 0.2) is 30.5 Å². The predicted octanol–water partition coefficient (Wildman–Crippen LogP) is 3.65. The van der Waals surface area contributed by atoms with Crippen LogP contribution in [-0.2, 0) is 6.18 Å². The summed E-state index contributed by atoms with van der Waals surface area (Å²) in [6.45, 7) is 0.425. The first-order valence-electron chi connectivity index (χ1n) is 7.25. The molecule has 24 heavy (non-hydrogen) atoms. The van der Waals surface area contributed by atoms with Gasteiger partial charge in [-0.05, 0) is 30.9 Å². The zero-order chi connectivity index (χ0) is 17.3. The lowest BCUT2D eigenvalue weighted by atomic mass is 10.1. The highest BCUT2D eigenvalue weighted by molar-refractivity contribution is 5.86. The molecular formula is C16H13F3N2O3. The second kappa shape index (κ2) is 6.10. The van der Waals surface area contributed by atoms with Crippen LogP contribution >= 0.6 is 0 Å². The Labute approximate surface area is 135 Å². The predicted molar refractivity (Wildman–Crippen MR) is 77.6 cm³/mol. The van der Waals surface area contributed by atoms with E-state index < -0.39 is 17.7 Å². The Kier molecular flexibility index (Phi) is 4.13. The summed E-state index contributed by atoms with van der Waals surface area (Å²) < 4.78 is 43.5. The Morgan fingerprint density at radius 3 is 2.46 bits per heavy atom. The highest BCUT2D eigenvalue weighted by atomic mass is 19.4. The minimum Gasteiger partial charge on any atom is -0.476 e. The van der Waals surface area contributed by atoms with Crippen LogP contribution in [0.4, 0.5) is 13.2 Å². The van der Waals surface area contributed by atoms with Crippen LogP contribution in [-0.4, -0.2) is 27.7 Å². The maximum Gasteiger partial charge on any atom is 0.416 e. The Hall–Kier alpha value is -2.64. The largest absolute Gasteiger partial charge is 0.476 e. The Balaban J connectivity index is 1.96. The molecular weight excluding hydrogens is 325 g/mol. The number of halogens is 3. The number of nitrogens with zero attached hydrogens (tertiary/aromatic N) is 2. The maximum absolute atomic E-state index is 12.7. The molecule has 0 saturated heterocycles. The molecule has 0 bridgehead atoms. The van der Waals surface area contributed by atoms with Crippen LogP contribution < -0.4 is 4.74 Å². The molecule has 1 aromatic carbocycles. The molecule has 1 aromatic heterocycles. The highest BCUT2D eigenvalue weighted by Crippen LogP contribution is 2.34. The summed E-state index contributed by atoms with van der Waals surface area (Å²) in [4.78, 5) is 19.0. The quantitative estimate of drug-likeness (QED) is 0.901. The molecule has 0 atom stereocenters. The molecule has 0 unspecified atom stereocenters. The van der Waals surface area contributed by atoms with Crippen molar-refractivity contribution in [1.29, 1.82) is 0 Å². The number of alkyl halides is 3. The summed E-state index contributed by atoms with van der Waals surface area (Å²) in [6.07, 6.45) is -1.27. The lowest BCUT2D eigenvalue weighted by Gasteiger charge is -2.11. The fourth-order valence-electron chi connectivity index (χ4n) is 2.07. The topological polar surface area (TPSA) is 72.3 Å². The number of carboxylic acids is 1.